The maximum absolute atomic E-state index is 10.9. The first kappa shape index (κ1) is 10.3. The van der Waals surface area contributed by atoms with Gasteiger partial charge in [-0.3, -0.25) is 4.79 Å². The van der Waals surface area contributed by atoms with Gasteiger partial charge in [-0.05, 0) is 0 Å². The Labute approximate surface area is 82.4 Å². The Morgan fingerprint density at radius 3 is 3.14 bits per heavy atom. The van der Waals surface area contributed by atoms with Gasteiger partial charge in [0.2, 0.25) is 5.91 Å². The van der Waals surface area contributed by atoms with Crippen molar-refractivity contribution in [3.8, 4) is 6.07 Å². The summed E-state index contributed by atoms with van der Waals surface area (Å²) in [5, 5.41) is 10.9. The van der Waals surface area contributed by atoms with Gasteiger partial charge in [-0.2, -0.15) is 5.26 Å². The number of imidazole rings is 1. The Balaban J connectivity index is 2.26. The second-order valence-electron chi connectivity index (χ2n) is 2.93. The van der Waals surface area contributed by atoms with Gasteiger partial charge in [0.1, 0.15) is 6.42 Å². The van der Waals surface area contributed by atoms with Crippen molar-refractivity contribution in [3.63, 3.8) is 0 Å². The topological polar surface area (TPSA) is 70.7 Å². The lowest BCUT2D eigenvalue weighted by atomic mass is 10.3. The molecule has 0 aliphatic heterocycles. The van der Waals surface area contributed by atoms with Gasteiger partial charge < -0.3 is 9.88 Å². The van der Waals surface area contributed by atoms with Crippen LogP contribution in [-0.4, -0.2) is 22.0 Å². The molecule has 0 unspecified atom stereocenters. The van der Waals surface area contributed by atoms with Crippen LogP contribution < -0.4 is 5.32 Å². The average molecular weight is 192 g/mol. The molecule has 0 aromatic carbocycles. The number of nitriles is 1. The minimum absolute atomic E-state index is 0.0780. The number of hydrogen-bond donors (Lipinski definition) is 1. The van der Waals surface area contributed by atoms with Crippen LogP contribution in [0.15, 0.2) is 12.5 Å². The van der Waals surface area contributed by atoms with E-state index in [0.29, 0.717) is 6.54 Å². The fraction of sp³-hybridized carbons (Fsp3) is 0.444. The summed E-state index contributed by atoms with van der Waals surface area (Å²) in [5.74, 6) is -0.227. The molecule has 0 atom stereocenters. The van der Waals surface area contributed by atoms with Crippen molar-refractivity contribution in [2.45, 2.75) is 12.8 Å². The molecule has 14 heavy (non-hydrogen) atoms. The highest BCUT2D eigenvalue weighted by atomic mass is 16.1. The van der Waals surface area contributed by atoms with Gasteiger partial charge in [0.25, 0.3) is 0 Å². The molecule has 0 bridgehead atoms. The number of aromatic nitrogens is 2. The van der Waals surface area contributed by atoms with Crippen molar-refractivity contribution in [1.29, 1.82) is 5.26 Å². The van der Waals surface area contributed by atoms with Crippen molar-refractivity contribution in [3.05, 3.63) is 18.2 Å². The van der Waals surface area contributed by atoms with E-state index in [1.165, 1.54) is 0 Å². The Morgan fingerprint density at radius 1 is 1.79 bits per heavy atom. The van der Waals surface area contributed by atoms with E-state index < -0.39 is 0 Å². The first-order chi connectivity index (χ1) is 6.74. The molecule has 0 saturated carbocycles. The van der Waals surface area contributed by atoms with Gasteiger partial charge in [0, 0.05) is 31.9 Å². The lowest BCUT2D eigenvalue weighted by Crippen LogP contribution is -2.25. The zero-order chi connectivity index (χ0) is 10.4. The lowest BCUT2D eigenvalue weighted by molar-refractivity contribution is -0.120. The first-order valence-corrected chi connectivity index (χ1v) is 4.33. The second-order valence-corrected chi connectivity index (χ2v) is 2.93. The summed E-state index contributed by atoms with van der Waals surface area (Å²) in [5.41, 5.74) is 1.06. The Morgan fingerprint density at radius 2 is 2.57 bits per heavy atom. The first-order valence-electron chi connectivity index (χ1n) is 4.33. The number of carbonyl (C=O) groups excluding carboxylic acids is 1. The zero-order valence-electron chi connectivity index (χ0n) is 8.03. The summed E-state index contributed by atoms with van der Waals surface area (Å²) in [6.45, 7) is 0.542. The largest absolute Gasteiger partial charge is 0.355 e. The molecule has 1 aromatic rings. The quantitative estimate of drug-likeness (QED) is 0.729. The monoisotopic (exact) mass is 192 g/mol. The van der Waals surface area contributed by atoms with Crippen LogP contribution >= 0.6 is 0 Å². The maximum atomic E-state index is 10.9. The van der Waals surface area contributed by atoms with Crippen LogP contribution in [0.25, 0.3) is 0 Å². The SMILES string of the molecule is Cn1cncc1CCNC(=O)CC#N. The zero-order valence-corrected chi connectivity index (χ0v) is 8.03. The summed E-state index contributed by atoms with van der Waals surface area (Å²) in [7, 11) is 1.90. The van der Waals surface area contributed by atoms with E-state index in [0.717, 1.165) is 12.1 Å². The number of amides is 1. The highest BCUT2D eigenvalue weighted by Gasteiger charge is 2.00. The fourth-order valence-corrected chi connectivity index (χ4v) is 1.09. The predicted molar refractivity (Wildman–Crippen MR) is 50.2 cm³/mol. The van der Waals surface area contributed by atoms with Crippen LogP contribution in [0.2, 0.25) is 0 Å². The molecule has 74 valence electrons. The van der Waals surface area contributed by atoms with Crippen molar-refractivity contribution in [2.24, 2.45) is 7.05 Å². The van der Waals surface area contributed by atoms with Crippen molar-refractivity contribution < 1.29 is 4.79 Å². The van der Waals surface area contributed by atoms with Crippen molar-refractivity contribution in [2.75, 3.05) is 6.54 Å². The van der Waals surface area contributed by atoms with E-state index >= 15 is 0 Å². The predicted octanol–water partition coefficient (Wildman–Crippen LogP) is -0.00752. The number of rotatable bonds is 4. The molecule has 1 heterocycles. The number of carbonyl (C=O) groups is 1. The standard InChI is InChI=1S/C9H12N4O/c1-13-7-11-6-8(13)3-5-12-9(14)2-4-10/h6-7H,2-3,5H2,1H3,(H,12,14). The van der Waals surface area contributed by atoms with Crippen LogP contribution in [0.3, 0.4) is 0 Å². The summed E-state index contributed by atoms with van der Waals surface area (Å²) in [6, 6.07) is 1.79. The molecule has 1 rings (SSSR count). The second kappa shape index (κ2) is 5.02. The van der Waals surface area contributed by atoms with Gasteiger partial charge >= 0.3 is 0 Å². The molecule has 5 nitrogen and oxygen atoms in total. The van der Waals surface area contributed by atoms with Gasteiger partial charge in [-0.25, -0.2) is 4.98 Å². The van der Waals surface area contributed by atoms with E-state index in [-0.39, 0.29) is 12.3 Å². The molecule has 0 saturated heterocycles. The van der Waals surface area contributed by atoms with E-state index in [9.17, 15) is 4.79 Å². The molecular formula is C9H12N4O. The minimum atomic E-state index is -0.227. The van der Waals surface area contributed by atoms with Crippen molar-refractivity contribution in [1.82, 2.24) is 14.9 Å². The molecule has 1 amide bonds. The molecule has 1 aromatic heterocycles. The summed E-state index contributed by atoms with van der Waals surface area (Å²) in [4.78, 5) is 14.9. The lowest BCUT2D eigenvalue weighted by Gasteiger charge is -2.03. The fourth-order valence-electron chi connectivity index (χ4n) is 1.09. The minimum Gasteiger partial charge on any atom is -0.355 e. The Hall–Kier alpha value is -1.83. The molecule has 0 aliphatic rings. The van der Waals surface area contributed by atoms with Crippen LogP contribution in [-0.2, 0) is 18.3 Å². The molecule has 0 spiro atoms. The third-order valence-corrected chi connectivity index (χ3v) is 1.86. The van der Waals surface area contributed by atoms with E-state index in [1.54, 1.807) is 18.6 Å². The Bertz CT molecular complexity index is 350. The van der Waals surface area contributed by atoms with E-state index in [1.807, 2.05) is 11.6 Å². The number of hydrogen-bond acceptors (Lipinski definition) is 3. The van der Waals surface area contributed by atoms with E-state index in [4.69, 9.17) is 5.26 Å². The molecule has 0 radical (unpaired) electrons. The average Bonchev–Trinajstić information content (AvgIpc) is 2.52. The highest BCUT2D eigenvalue weighted by Crippen LogP contribution is 1.95. The third-order valence-electron chi connectivity index (χ3n) is 1.86. The van der Waals surface area contributed by atoms with Gasteiger partial charge in [-0.15, -0.1) is 0 Å². The Kier molecular flexibility index (Phi) is 3.68. The molecule has 1 N–H and O–H groups in total. The summed E-state index contributed by atoms with van der Waals surface area (Å²) < 4.78 is 1.90. The normalized spacial score (nSPS) is 9.43. The maximum Gasteiger partial charge on any atom is 0.234 e. The van der Waals surface area contributed by atoms with Crippen LogP contribution in [0.4, 0.5) is 0 Å². The van der Waals surface area contributed by atoms with Crippen LogP contribution in [0.5, 0.6) is 0 Å². The van der Waals surface area contributed by atoms with Crippen molar-refractivity contribution >= 4 is 5.91 Å². The number of nitrogens with one attached hydrogen (secondary N) is 1. The van der Waals surface area contributed by atoms with E-state index in [2.05, 4.69) is 10.3 Å². The van der Waals surface area contributed by atoms with Gasteiger partial charge in [-0.1, -0.05) is 0 Å². The molecule has 0 fully saturated rings. The number of nitrogens with zero attached hydrogens (tertiary/aromatic N) is 3. The molecular weight excluding hydrogens is 180 g/mol. The molecule has 5 heteroatoms. The smallest absolute Gasteiger partial charge is 0.234 e. The van der Waals surface area contributed by atoms with Crippen LogP contribution in [0.1, 0.15) is 12.1 Å². The summed E-state index contributed by atoms with van der Waals surface area (Å²) in [6.07, 6.45) is 4.13. The summed E-state index contributed by atoms with van der Waals surface area (Å²) >= 11 is 0. The van der Waals surface area contributed by atoms with Gasteiger partial charge in [0.05, 0.1) is 12.4 Å². The number of aryl methyl sites for hydroxylation is 1. The third kappa shape index (κ3) is 2.90. The highest BCUT2D eigenvalue weighted by molar-refractivity contribution is 5.77. The molecule has 0 aliphatic carbocycles. The van der Waals surface area contributed by atoms with Crippen LogP contribution in [0, 0.1) is 11.3 Å². The van der Waals surface area contributed by atoms with Gasteiger partial charge in [0.15, 0.2) is 0 Å².